The van der Waals surface area contributed by atoms with Crippen LogP contribution >= 0.6 is 31.9 Å². The van der Waals surface area contributed by atoms with Crippen molar-refractivity contribution >= 4 is 37.8 Å². The Morgan fingerprint density at radius 2 is 2.00 bits per heavy atom. The minimum absolute atomic E-state index is 0.323. The van der Waals surface area contributed by atoms with Gasteiger partial charge in [-0.05, 0) is 27.6 Å². The molecule has 1 aromatic carbocycles. The molecule has 18 heavy (non-hydrogen) atoms. The second-order valence-electron chi connectivity index (χ2n) is 3.20. The molecule has 0 amide bonds. The van der Waals surface area contributed by atoms with Gasteiger partial charge in [0, 0.05) is 5.33 Å². The molecule has 1 rings (SSSR count). The molecule has 0 spiro atoms. The van der Waals surface area contributed by atoms with Crippen LogP contribution in [0.2, 0.25) is 0 Å². The second kappa shape index (κ2) is 5.56. The molecule has 0 aliphatic heterocycles. The zero-order valence-corrected chi connectivity index (χ0v) is 12.0. The molecule has 0 aliphatic carbocycles. The summed E-state index contributed by atoms with van der Waals surface area (Å²) in [5.41, 5.74) is -2.31. The maximum Gasteiger partial charge on any atom is 0.419 e. The van der Waals surface area contributed by atoms with Gasteiger partial charge in [0.15, 0.2) is 0 Å². The minimum atomic E-state index is -4.90. The van der Waals surface area contributed by atoms with E-state index in [0.717, 1.165) is 13.2 Å². The van der Waals surface area contributed by atoms with Crippen LogP contribution in [0.1, 0.15) is 21.5 Å². The highest BCUT2D eigenvalue weighted by Gasteiger charge is 2.39. The number of ether oxygens (including phenoxy) is 1. The number of methoxy groups -OCH3 is 1. The summed E-state index contributed by atoms with van der Waals surface area (Å²) in [6, 6.07) is 0.965. The number of carbonyl (C=O) groups is 1. The molecule has 0 bridgehead atoms. The lowest BCUT2D eigenvalue weighted by Crippen LogP contribution is -2.17. The van der Waals surface area contributed by atoms with E-state index >= 15 is 0 Å². The largest absolute Gasteiger partial charge is 0.465 e. The SMILES string of the molecule is COC(=O)c1cc(Br)c(F)c(C(F)(F)F)c1CBr. The summed E-state index contributed by atoms with van der Waals surface area (Å²) >= 11 is 5.47. The Hall–Kier alpha value is -0.630. The molecule has 8 heteroatoms. The number of halogens is 6. The maximum atomic E-state index is 13.6. The summed E-state index contributed by atoms with van der Waals surface area (Å²) in [6.45, 7) is 0. The van der Waals surface area contributed by atoms with Crippen LogP contribution in [0.15, 0.2) is 10.5 Å². The Morgan fingerprint density at radius 3 is 2.39 bits per heavy atom. The van der Waals surface area contributed by atoms with Crippen LogP contribution in [0.4, 0.5) is 17.6 Å². The standard InChI is InChI=1S/C10H6Br2F4O2/c1-18-9(17)4-2-6(12)8(13)7(5(4)3-11)10(14,15)16/h2H,3H2,1H3. The molecular weight excluding hydrogens is 388 g/mol. The van der Waals surface area contributed by atoms with Crippen molar-refractivity contribution in [3.63, 3.8) is 0 Å². The van der Waals surface area contributed by atoms with Crippen molar-refractivity contribution < 1.29 is 27.1 Å². The van der Waals surface area contributed by atoms with Crippen molar-refractivity contribution in [3.05, 3.63) is 33.0 Å². The quantitative estimate of drug-likeness (QED) is 0.425. The zero-order valence-electron chi connectivity index (χ0n) is 8.87. The fraction of sp³-hybridized carbons (Fsp3) is 0.300. The van der Waals surface area contributed by atoms with E-state index in [1.807, 2.05) is 0 Å². The summed E-state index contributed by atoms with van der Waals surface area (Å²) in [5.74, 6) is -2.42. The molecule has 0 aromatic heterocycles. The van der Waals surface area contributed by atoms with Gasteiger partial charge in [-0.25, -0.2) is 9.18 Å². The van der Waals surface area contributed by atoms with E-state index in [9.17, 15) is 22.4 Å². The van der Waals surface area contributed by atoms with Gasteiger partial charge < -0.3 is 4.74 Å². The van der Waals surface area contributed by atoms with Crippen LogP contribution in [-0.2, 0) is 16.2 Å². The van der Waals surface area contributed by atoms with Gasteiger partial charge in [-0.15, -0.1) is 0 Å². The highest BCUT2D eigenvalue weighted by molar-refractivity contribution is 9.10. The third-order valence-electron chi connectivity index (χ3n) is 2.15. The van der Waals surface area contributed by atoms with Crippen molar-refractivity contribution in [1.82, 2.24) is 0 Å². The summed E-state index contributed by atoms with van der Waals surface area (Å²) in [5, 5.41) is -0.323. The van der Waals surface area contributed by atoms with Crippen LogP contribution in [0, 0.1) is 5.82 Å². The Kier molecular flexibility index (Phi) is 4.77. The van der Waals surface area contributed by atoms with Gasteiger partial charge in [0.2, 0.25) is 0 Å². The van der Waals surface area contributed by atoms with Gasteiger partial charge in [-0.2, -0.15) is 13.2 Å². The van der Waals surface area contributed by atoms with E-state index in [0.29, 0.717) is 0 Å². The number of hydrogen-bond donors (Lipinski definition) is 0. The number of rotatable bonds is 2. The van der Waals surface area contributed by atoms with E-state index in [4.69, 9.17) is 0 Å². The summed E-state index contributed by atoms with van der Waals surface area (Å²) in [4.78, 5) is 11.4. The van der Waals surface area contributed by atoms with Gasteiger partial charge in [0.25, 0.3) is 0 Å². The van der Waals surface area contributed by atoms with E-state index in [1.165, 1.54) is 0 Å². The van der Waals surface area contributed by atoms with Gasteiger partial charge in [-0.3, -0.25) is 0 Å². The third kappa shape index (κ3) is 2.85. The summed E-state index contributed by atoms with van der Waals surface area (Å²) in [7, 11) is 1.03. The molecule has 0 unspecified atom stereocenters. The fourth-order valence-corrected chi connectivity index (χ4v) is 2.40. The number of carbonyl (C=O) groups excluding carboxylic acids is 1. The number of benzene rings is 1. The normalized spacial score (nSPS) is 11.5. The zero-order chi connectivity index (χ0) is 14.1. The lowest BCUT2D eigenvalue weighted by molar-refractivity contribution is -0.140. The lowest BCUT2D eigenvalue weighted by Gasteiger charge is -2.16. The number of hydrogen-bond acceptors (Lipinski definition) is 2. The topological polar surface area (TPSA) is 26.3 Å². The summed E-state index contributed by atoms with van der Waals surface area (Å²) < 4.78 is 55.8. The first-order valence-corrected chi connectivity index (χ1v) is 6.37. The maximum absolute atomic E-state index is 13.6. The Labute approximate surface area is 117 Å². The van der Waals surface area contributed by atoms with Gasteiger partial charge in [0.1, 0.15) is 5.82 Å². The van der Waals surface area contributed by atoms with Gasteiger partial charge in [0.05, 0.1) is 22.7 Å². The fourth-order valence-electron chi connectivity index (χ4n) is 1.39. The van der Waals surface area contributed by atoms with Crippen molar-refractivity contribution in [1.29, 1.82) is 0 Å². The first-order valence-electron chi connectivity index (χ1n) is 4.46. The average molecular weight is 394 g/mol. The number of esters is 1. The highest BCUT2D eigenvalue weighted by atomic mass is 79.9. The molecular formula is C10H6Br2F4O2. The Morgan fingerprint density at radius 1 is 1.44 bits per heavy atom. The smallest absolute Gasteiger partial charge is 0.419 e. The number of alkyl halides is 4. The van der Waals surface area contributed by atoms with Crippen LogP contribution in [0.5, 0.6) is 0 Å². The predicted molar refractivity (Wildman–Crippen MR) is 63.1 cm³/mol. The molecule has 100 valence electrons. The molecule has 0 saturated heterocycles. The van der Waals surface area contributed by atoms with Crippen LogP contribution in [-0.4, -0.2) is 13.1 Å². The van der Waals surface area contributed by atoms with Crippen molar-refractivity contribution in [2.24, 2.45) is 0 Å². The van der Waals surface area contributed by atoms with Crippen molar-refractivity contribution in [2.75, 3.05) is 7.11 Å². The van der Waals surface area contributed by atoms with Crippen LogP contribution < -0.4 is 0 Å². The average Bonchev–Trinajstić information content (AvgIpc) is 2.29. The predicted octanol–water partition coefficient (Wildman–Crippen LogP) is 4.29. The Balaban J connectivity index is 3.68. The molecule has 0 atom stereocenters. The molecule has 0 heterocycles. The first kappa shape index (κ1) is 15.4. The monoisotopic (exact) mass is 392 g/mol. The van der Waals surface area contributed by atoms with Crippen molar-refractivity contribution in [3.8, 4) is 0 Å². The van der Waals surface area contributed by atoms with E-state index in [2.05, 4.69) is 36.6 Å². The van der Waals surface area contributed by atoms with Crippen LogP contribution in [0.25, 0.3) is 0 Å². The third-order valence-corrected chi connectivity index (χ3v) is 3.29. The molecule has 0 N–H and O–H groups in total. The molecule has 2 nitrogen and oxygen atoms in total. The second-order valence-corrected chi connectivity index (χ2v) is 4.61. The molecule has 0 saturated carbocycles. The van der Waals surface area contributed by atoms with Crippen LogP contribution in [0.3, 0.4) is 0 Å². The minimum Gasteiger partial charge on any atom is -0.465 e. The van der Waals surface area contributed by atoms with Gasteiger partial charge in [-0.1, -0.05) is 15.9 Å². The highest BCUT2D eigenvalue weighted by Crippen LogP contribution is 2.39. The molecule has 1 aromatic rings. The molecule has 0 radical (unpaired) electrons. The van der Waals surface area contributed by atoms with Crippen molar-refractivity contribution in [2.45, 2.75) is 11.5 Å². The van der Waals surface area contributed by atoms with E-state index < -0.39 is 33.6 Å². The van der Waals surface area contributed by atoms with E-state index in [-0.39, 0.29) is 10.9 Å². The first-order chi connectivity index (χ1) is 8.23. The van der Waals surface area contributed by atoms with E-state index in [1.54, 1.807) is 0 Å². The summed E-state index contributed by atoms with van der Waals surface area (Å²) in [6.07, 6.45) is -4.90. The molecule has 0 fully saturated rings. The lowest BCUT2D eigenvalue weighted by atomic mass is 10.0. The molecule has 0 aliphatic rings. The van der Waals surface area contributed by atoms with Gasteiger partial charge >= 0.3 is 12.1 Å². The Bertz CT molecular complexity index is 486.